The summed E-state index contributed by atoms with van der Waals surface area (Å²) in [7, 11) is 0. The summed E-state index contributed by atoms with van der Waals surface area (Å²) >= 11 is 1.22. The summed E-state index contributed by atoms with van der Waals surface area (Å²) in [5.41, 5.74) is 4.41. The lowest BCUT2D eigenvalue weighted by atomic mass is 10.2. The van der Waals surface area contributed by atoms with Crippen molar-refractivity contribution in [3.8, 4) is 0 Å². The third-order valence-corrected chi connectivity index (χ3v) is 2.74. The van der Waals surface area contributed by atoms with E-state index in [-0.39, 0.29) is 0 Å². The molecule has 1 aromatic carbocycles. The molecule has 0 saturated carbocycles. The molecule has 0 aliphatic heterocycles. The summed E-state index contributed by atoms with van der Waals surface area (Å²) < 4.78 is 9.30. The van der Waals surface area contributed by atoms with Crippen LogP contribution >= 0.6 is 11.5 Å². The van der Waals surface area contributed by atoms with E-state index in [0.717, 1.165) is 16.3 Å². The van der Waals surface area contributed by atoms with Gasteiger partial charge in [0.15, 0.2) is 0 Å². The maximum Gasteiger partial charge on any atom is 0.149 e. The number of nitrogens with zero attached hydrogens (tertiary/aromatic N) is 2. The molecular weight excluding hydrogens is 224 g/mol. The lowest BCUT2D eigenvalue weighted by molar-refractivity contribution is 0.105. The van der Waals surface area contributed by atoms with Gasteiger partial charge in [-0.2, -0.15) is 0 Å². The molecule has 84 valence electrons. The van der Waals surface area contributed by atoms with Crippen molar-refractivity contribution in [3.05, 3.63) is 41.6 Å². The number of hydrogen-bond donors (Lipinski definition) is 2. The van der Waals surface area contributed by atoms with Crippen molar-refractivity contribution in [3.63, 3.8) is 0 Å². The van der Waals surface area contributed by atoms with Crippen molar-refractivity contribution in [1.82, 2.24) is 9.59 Å². The number of hydrogen-bond acceptors (Lipinski definition) is 6. The minimum atomic E-state index is 0.408. The molecule has 0 spiro atoms. The zero-order valence-corrected chi connectivity index (χ0v) is 9.41. The van der Waals surface area contributed by atoms with Gasteiger partial charge in [0.25, 0.3) is 0 Å². The Morgan fingerprint density at radius 1 is 1.25 bits per heavy atom. The van der Waals surface area contributed by atoms with Gasteiger partial charge in [-0.25, -0.2) is 5.84 Å². The molecule has 0 bridgehead atoms. The number of ether oxygens (including phenoxy) is 1. The summed E-state index contributed by atoms with van der Waals surface area (Å²) in [5.74, 6) is 5.30. The molecule has 0 aliphatic carbocycles. The Bertz CT molecular complexity index is 431. The second-order valence-electron chi connectivity index (χ2n) is 3.17. The molecule has 16 heavy (non-hydrogen) atoms. The monoisotopic (exact) mass is 236 g/mol. The molecule has 3 N–H and O–H groups in total. The van der Waals surface area contributed by atoms with Gasteiger partial charge in [0.05, 0.1) is 13.2 Å². The molecule has 0 aliphatic rings. The largest absolute Gasteiger partial charge is 0.370 e. The Morgan fingerprint density at radius 3 is 2.81 bits per heavy atom. The molecule has 2 aromatic rings. The van der Waals surface area contributed by atoms with Gasteiger partial charge in [-0.1, -0.05) is 34.8 Å². The van der Waals surface area contributed by atoms with Crippen molar-refractivity contribution < 1.29 is 4.74 Å². The van der Waals surface area contributed by atoms with Crippen molar-refractivity contribution in [2.24, 2.45) is 5.84 Å². The summed E-state index contributed by atoms with van der Waals surface area (Å²) in [5, 5.41) is 4.66. The fourth-order valence-corrected chi connectivity index (χ4v) is 1.73. The predicted molar refractivity (Wildman–Crippen MR) is 62.7 cm³/mol. The van der Waals surface area contributed by atoms with Gasteiger partial charge in [-0.3, -0.25) is 0 Å². The smallest absolute Gasteiger partial charge is 0.149 e. The average Bonchev–Trinajstić information content (AvgIpc) is 2.78. The van der Waals surface area contributed by atoms with Gasteiger partial charge in [0, 0.05) is 11.5 Å². The van der Waals surface area contributed by atoms with Crippen LogP contribution in [0.1, 0.15) is 11.3 Å². The molecule has 1 aromatic heterocycles. The van der Waals surface area contributed by atoms with Crippen LogP contribution < -0.4 is 11.3 Å². The third kappa shape index (κ3) is 2.75. The van der Waals surface area contributed by atoms with Crippen molar-refractivity contribution in [1.29, 1.82) is 0 Å². The van der Waals surface area contributed by atoms with E-state index >= 15 is 0 Å². The average molecular weight is 236 g/mol. The molecule has 6 heteroatoms. The minimum absolute atomic E-state index is 0.408. The Labute approximate surface area is 97.4 Å². The third-order valence-electron chi connectivity index (χ3n) is 2.04. The normalized spacial score (nSPS) is 10.3. The fraction of sp³-hybridized carbons (Fsp3) is 0.200. The Morgan fingerprint density at radius 2 is 2.06 bits per heavy atom. The molecule has 0 radical (unpaired) electrons. The first kappa shape index (κ1) is 11.0. The molecule has 0 saturated heterocycles. The molecule has 5 nitrogen and oxygen atoms in total. The molecule has 0 unspecified atom stereocenters. The number of nitrogens with one attached hydrogen (secondary N) is 1. The maximum absolute atomic E-state index is 5.52. The van der Waals surface area contributed by atoms with E-state index in [1.807, 2.05) is 30.3 Å². The highest BCUT2D eigenvalue weighted by Gasteiger charge is 2.06. The summed E-state index contributed by atoms with van der Waals surface area (Å²) in [6.45, 7) is 0.966. The fourth-order valence-electron chi connectivity index (χ4n) is 1.25. The summed E-state index contributed by atoms with van der Waals surface area (Å²) in [6.07, 6.45) is 0. The van der Waals surface area contributed by atoms with Gasteiger partial charge in [-0.15, -0.1) is 5.10 Å². The lowest BCUT2D eigenvalue weighted by Crippen LogP contribution is -2.08. The van der Waals surface area contributed by atoms with E-state index in [2.05, 4.69) is 15.0 Å². The quantitative estimate of drug-likeness (QED) is 0.608. The van der Waals surface area contributed by atoms with E-state index in [1.54, 1.807) is 0 Å². The van der Waals surface area contributed by atoms with Crippen LogP contribution in [0.2, 0.25) is 0 Å². The molecule has 1 heterocycles. The standard InChI is InChI=1S/C10H12N4OS/c11-12-10-9(13-14-16-10)7-15-6-8-4-2-1-3-5-8/h1-5,12H,6-7,11H2. The van der Waals surface area contributed by atoms with Crippen LogP contribution in [0, 0.1) is 0 Å². The highest BCUT2D eigenvalue weighted by molar-refractivity contribution is 7.10. The van der Waals surface area contributed by atoms with Gasteiger partial charge >= 0.3 is 0 Å². The zero-order valence-electron chi connectivity index (χ0n) is 8.59. The van der Waals surface area contributed by atoms with Gasteiger partial charge in [-0.05, 0) is 5.56 Å². The van der Waals surface area contributed by atoms with E-state index in [0.29, 0.717) is 13.2 Å². The Hall–Kier alpha value is -1.50. The van der Waals surface area contributed by atoms with E-state index in [4.69, 9.17) is 10.6 Å². The first-order valence-electron chi connectivity index (χ1n) is 4.79. The van der Waals surface area contributed by atoms with Crippen LogP contribution in [-0.2, 0) is 18.0 Å². The molecular formula is C10H12N4OS. The summed E-state index contributed by atoms with van der Waals surface area (Å²) in [4.78, 5) is 0. The van der Waals surface area contributed by atoms with Gasteiger partial charge < -0.3 is 10.2 Å². The molecule has 0 amide bonds. The van der Waals surface area contributed by atoms with Crippen LogP contribution in [0.25, 0.3) is 0 Å². The number of nitrogen functional groups attached to an aromatic ring is 1. The zero-order chi connectivity index (χ0) is 11.2. The van der Waals surface area contributed by atoms with Crippen LogP contribution in [0.4, 0.5) is 5.00 Å². The number of rotatable bonds is 5. The van der Waals surface area contributed by atoms with E-state index in [1.165, 1.54) is 11.5 Å². The van der Waals surface area contributed by atoms with E-state index < -0.39 is 0 Å². The van der Waals surface area contributed by atoms with Crippen molar-refractivity contribution in [2.75, 3.05) is 5.43 Å². The summed E-state index contributed by atoms with van der Waals surface area (Å²) in [6, 6.07) is 9.97. The Balaban J connectivity index is 1.85. The second-order valence-corrected chi connectivity index (χ2v) is 3.93. The number of anilines is 1. The van der Waals surface area contributed by atoms with Gasteiger partial charge in [0.2, 0.25) is 0 Å². The topological polar surface area (TPSA) is 73.1 Å². The predicted octanol–water partition coefficient (Wildman–Crippen LogP) is 1.54. The number of nitrogens with two attached hydrogens (primary N) is 1. The highest BCUT2D eigenvalue weighted by atomic mass is 32.1. The SMILES string of the molecule is NNc1snnc1COCc1ccccc1. The van der Waals surface area contributed by atoms with Gasteiger partial charge in [0.1, 0.15) is 10.7 Å². The molecule has 2 rings (SSSR count). The lowest BCUT2D eigenvalue weighted by Gasteiger charge is -2.03. The van der Waals surface area contributed by atoms with Crippen LogP contribution in [-0.4, -0.2) is 9.59 Å². The van der Waals surface area contributed by atoms with Crippen LogP contribution in [0.15, 0.2) is 30.3 Å². The maximum atomic E-state index is 5.52. The second kappa shape index (κ2) is 5.55. The van der Waals surface area contributed by atoms with E-state index in [9.17, 15) is 0 Å². The number of benzene rings is 1. The Kier molecular flexibility index (Phi) is 3.81. The van der Waals surface area contributed by atoms with Crippen LogP contribution in [0.5, 0.6) is 0 Å². The highest BCUT2D eigenvalue weighted by Crippen LogP contribution is 2.17. The number of hydrazine groups is 1. The van der Waals surface area contributed by atoms with Crippen molar-refractivity contribution >= 4 is 16.5 Å². The molecule has 0 fully saturated rings. The molecule has 0 atom stereocenters. The number of aromatic nitrogens is 2. The van der Waals surface area contributed by atoms with Crippen molar-refractivity contribution in [2.45, 2.75) is 13.2 Å². The first-order valence-corrected chi connectivity index (χ1v) is 5.57. The minimum Gasteiger partial charge on any atom is -0.370 e. The van der Waals surface area contributed by atoms with Crippen LogP contribution in [0.3, 0.4) is 0 Å². The first-order chi connectivity index (χ1) is 7.90.